The van der Waals surface area contributed by atoms with Crippen molar-refractivity contribution in [1.29, 1.82) is 0 Å². The Bertz CT molecular complexity index is 1470. The Morgan fingerprint density at radius 1 is 0.944 bits per heavy atom. The fourth-order valence-corrected chi connectivity index (χ4v) is 4.21. The normalized spacial score (nSPS) is 16.4. The molecule has 0 bridgehead atoms. The first-order valence-electron chi connectivity index (χ1n) is 9.95. The van der Waals surface area contributed by atoms with E-state index >= 15 is 0 Å². The average Bonchev–Trinajstić information content (AvgIpc) is 3.28. The van der Waals surface area contributed by atoms with Gasteiger partial charge < -0.3 is 4.74 Å². The summed E-state index contributed by atoms with van der Waals surface area (Å²) in [5.74, 6) is -0.462. The van der Waals surface area contributed by atoms with Gasteiger partial charge in [0.25, 0.3) is 9.84 Å². The fourth-order valence-electron chi connectivity index (χ4n) is 3.41. The highest BCUT2D eigenvalue weighted by atomic mass is 32.2. The van der Waals surface area contributed by atoms with Gasteiger partial charge in [-0.05, 0) is 42.5 Å². The third-order valence-electron chi connectivity index (χ3n) is 5.01. The van der Waals surface area contributed by atoms with Crippen LogP contribution in [0.15, 0.2) is 75.6 Å². The molecule has 15 heteroatoms. The zero-order chi connectivity index (χ0) is 26.3. The van der Waals surface area contributed by atoms with Gasteiger partial charge in [-0.2, -0.15) is 23.4 Å². The number of sulfone groups is 1. The molecule has 0 aliphatic carbocycles. The number of anilines is 1. The number of hydrogen-bond donors (Lipinski definition) is 0. The van der Waals surface area contributed by atoms with E-state index in [0.717, 1.165) is 36.4 Å². The SMILES string of the molecule is O=c1ccn(-c2ccc(OC(F)(F)F)cc2)nc1C1CC=NN1c1cccc(S(=O)(=O)C(F)(F)F)c1. The van der Waals surface area contributed by atoms with Crippen molar-refractivity contribution in [2.75, 3.05) is 5.01 Å². The van der Waals surface area contributed by atoms with Crippen LogP contribution in [0.25, 0.3) is 5.69 Å². The lowest BCUT2D eigenvalue weighted by Crippen LogP contribution is -2.28. The Morgan fingerprint density at radius 3 is 2.28 bits per heavy atom. The second-order valence-corrected chi connectivity index (χ2v) is 9.33. The third kappa shape index (κ3) is 5.05. The van der Waals surface area contributed by atoms with Crippen molar-refractivity contribution in [3.8, 4) is 11.4 Å². The van der Waals surface area contributed by atoms with Gasteiger partial charge >= 0.3 is 11.9 Å². The maximum atomic E-state index is 13.0. The van der Waals surface area contributed by atoms with E-state index in [1.54, 1.807) is 0 Å². The number of hydrogen-bond acceptors (Lipinski definition) is 7. The van der Waals surface area contributed by atoms with Crippen LogP contribution in [-0.2, 0) is 9.84 Å². The molecule has 1 aliphatic heterocycles. The molecule has 0 saturated carbocycles. The van der Waals surface area contributed by atoms with E-state index < -0.39 is 43.8 Å². The molecule has 8 nitrogen and oxygen atoms in total. The minimum absolute atomic E-state index is 0.0238. The van der Waals surface area contributed by atoms with Crippen LogP contribution < -0.4 is 15.2 Å². The molecule has 4 rings (SSSR count). The standard InChI is InChI=1S/C21H14F6N4O4S/c22-20(23,24)35-15-6-4-13(5-7-15)30-11-9-18(32)19(29-30)17-8-10-28-31(17)14-2-1-3-16(12-14)36(33,34)21(25,26)27/h1-7,9-12,17H,8H2. The molecule has 1 unspecified atom stereocenters. The lowest BCUT2D eigenvalue weighted by Gasteiger charge is -2.24. The van der Waals surface area contributed by atoms with Crippen molar-refractivity contribution in [2.45, 2.75) is 29.2 Å². The Hall–Kier alpha value is -3.88. The maximum absolute atomic E-state index is 13.0. The molecule has 1 atom stereocenters. The van der Waals surface area contributed by atoms with Gasteiger partial charge in [0.15, 0.2) is 0 Å². The second kappa shape index (κ2) is 8.96. The first-order chi connectivity index (χ1) is 16.8. The van der Waals surface area contributed by atoms with Crippen LogP contribution in [0.4, 0.5) is 32.0 Å². The van der Waals surface area contributed by atoms with Gasteiger partial charge in [-0.3, -0.25) is 9.80 Å². The highest BCUT2D eigenvalue weighted by Crippen LogP contribution is 2.35. The van der Waals surface area contributed by atoms with Crippen molar-refractivity contribution in [3.63, 3.8) is 0 Å². The maximum Gasteiger partial charge on any atom is 0.573 e. The van der Waals surface area contributed by atoms with Gasteiger partial charge in [0.2, 0.25) is 5.43 Å². The lowest BCUT2D eigenvalue weighted by atomic mass is 10.1. The zero-order valence-electron chi connectivity index (χ0n) is 17.7. The molecule has 0 saturated heterocycles. The summed E-state index contributed by atoms with van der Waals surface area (Å²) in [5, 5.41) is 9.47. The summed E-state index contributed by atoms with van der Waals surface area (Å²) in [6.45, 7) is 0. The summed E-state index contributed by atoms with van der Waals surface area (Å²) < 4.78 is 105. The van der Waals surface area contributed by atoms with Gasteiger partial charge in [0.1, 0.15) is 17.5 Å². The van der Waals surface area contributed by atoms with E-state index in [-0.39, 0.29) is 23.5 Å². The Morgan fingerprint density at radius 2 is 1.64 bits per heavy atom. The highest BCUT2D eigenvalue weighted by molar-refractivity contribution is 7.92. The van der Waals surface area contributed by atoms with Gasteiger partial charge in [0.05, 0.1) is 16.3 Å². The summed E-state index contributed by atoms with van der Waals surface area (Å²) in [6.07, 6.45) is -2.08. The largest absolute Gasteiger partial charge is 0.573 e. The van der Waals surface area contributed by atoms with Crippen LogP contribution in [0.2, 0.25) is 0 Å². The average molecular weight is 532 g/mol. The topological polar surface area (TPSA) is 93.9 Å². The third-order valence-corrected chi connectivity index (χ3v) is 6.50. The zero-order valence-corrected chi connectivity index (χ0v) is 18.5. The van der Waals surface area contributed by atoms with Crippen molar-refractivity contribution in [1.82, 2.24) is 9.78 Å². The van der Waals surface area contributed by atoms with Gasteiger partial charge in [0, 0.05) is 24.9 Å². The van der Waals surface area contributed by atoms with Crippen molar-refractivity contribution in [2.24, 2.45) is 5.10 Å². The molecule has 0 fully saturated rings. The Balaban J connectivity index is 1.67. The molecule has 36 heavy (non-hydrogen) atoms. The molecule has 3 aromatic rings. The molecular weight excluding hydrogens is 518 g/mol. The van der Waals surface area contributed by atoms with Crippen LogP contribution in [0.3, 0.4) is 0 Å². The molecule has 0 N–H and O–H groups in total. The number of benzene rings is 2. The molecular formula is C21H14F6N4O4S. The van der Waals surface area contributed by atoms with Crippen LogP contribution >= 0.6 is 0 Å². The molecule has 2 heterocycles. The number of rotatable bonds is 5. The highest BCUT2D eigenvalue weighted by Gasteiger charge is 2.47. The number of aromatic nitrogens is 2. The van der Waals surface area contributed by atoms with E-state index in [4.69, 9.17) is 0 Å². The van der Waals surface area contributed by atoms with E-state index in [9.17, 15) is 39.6 Å². The molecule has 1 aromatic heterocycles. The van der Waals surface area contributed by atoms with Gasteiger partial charge in [-0.1, -0.05) is 6.07 Å². The van der Waals surface area contributed by atoms with Crippen LogP contribution in [0, 0.1) is 0 Å². The summed E-state index contributed by atoms with van der Waals surface area (Å²) in [6, 6.07) is 8.95. The van der Waals surface area contributed by atoms with Crippen LogP contribution in [-0.4, -0.2) is 36.3 Å². The lowest BCUT2D eigenvalue weighted by molar-refractivity contribution is -0.274. The Labute approximate surface area is 199 Å². The first kappa shape index (κ1) is 25.2. The first-order valence-corrected chi connectivity index (χ1v) is 11.4. The number of hydrazone groups is 1. The predicted octanol–water partition coefficient (Wildman–Crippen LogP) is 4.36. The minimum Gasteiger partial charge on any atom is -0.406 e. The van der Waals surface area contributed by atoms with E-state index in [2.05, 4.69) is 14.9 Å². The quantitative estimate of drug-likeness (QED) is 0.454. The van der Waals surface area contributed by atoms with Crippen molar-refractivity contribution in [3.05, 3.63) is 76.7 Å². The van der Waals surface area contributed by atoms with E-state index in [1.807, 2.05) is 0 Å². The Kier molecular flexibility index (Phi) is 6.28. The minimum atomic E-state index is -5.62. The molecule has 190 valence electrons. The number of alkyl halides is 6. The van der Waals surface area contributed by atoms with Gasteiger partial charge in [-0.15, -0.1) is 13.2 Å². The predicted molar refractivity (Wildman–Crippen MR) is 115 cm³/mol. The second-order valence-electron chi connectivity index (χ2n) is 7.39. The molecule has 0 amide bonds. The smallest absolute Gasteiger partial charge is 0.406 e. The molecule has 0 spiro atoms. The number of nitrogens with zero attached hydrogens (tertiary/aromatic N) is 4. The monoisotopic (exact) mass is 532 g/mol. The molecule has 0 radical (unpaired) electrons. The summed E-state index contributed by atoms with van der Waals surface area (Å²) >= 11 is 0. The van der Waals surface area contributed by atoms with Crippen molar-refractivity contribution >= 4 is 21.7 Å². The van der Waals surface area contributed by atoms with E-state index in [0.29, 0.717) is 0 Å². The fraction of sp³-hybridized carbons (Fsp3) is 0.190. The summed E-state index contributed by atoms with van der Waals surface area (Å²) in [4.78, 5) is 11.6. The van der Waals surface area contributed by atoms with Gasteiger partial charge in [-0.25, -0.2) is 13.1 Å². The molecule has 2 aromatic carbocycles. The number of halogens is 6. The van der Waals surface area contributed by atoms with Crippen LogP contribution in [0.5, 0.6) is 5.75 Å². The van der Waals surface area contributed by atoms with Crippen LogP contribution in [0.1, 0.15) is 18.2 Å². The number of ether oxygens (including phenoxy) is 1. The van der Waals surface area contributed by atoms with Crippen molar-refractivity contribution < 1.29 is 39.5 Å². The molecule has 1 aliphatic rings. The summed E-state index contributed by atoms with van der Waals surface area (Å²) in [7, 11) is -5.62. The summed E-state index contributed by atoms with van der Waals surface area (Å²) in [5.41, 5.74) is -5.86. The van der Waals surface area contributed by atoms with E-state index in [1.165, 1.54) is 40.3 Å².